The summed E-state index contributed by atoms with van der Waals surface area (Å²) in [6, 6.07) is 17.5. The Morgan fingerprint density at radius 2 is 1.79 bits per heavy atom. The monoisotopic (exact) mass is 385 g/mol. The molecule has 3 nitrogen and oxygen atoms in total. The third-order valence-electron chi connectivity index (χ3n) is 5.76. The predicted octanol–water partition coefficient (Wildman–Crippen LogP) is 6.40. The van der Waals surface area contributed by atoms with Crippen molar-refractivity contribution in [1.82, 2.24) is 4.98 Å². The first-order chi connectivity index (χ1) is 14.4. The van der Waals surface area contributed by atoms with Gasteiger partial charge in [0.2, 0.25) is 0 Å². The average molecular weight is 386 g/mol. The fourth-order valence-electron chi connectivity index (χ4n) is 4.26. The summed E-state index contributed by atoms with van der Waals surface area (Å²) in [7, 11) is 0. The molecule has 0 N–H and O–H groups in total. The lowest BCUT2D eigenvalue weighted by Gasteiger charge is -2.21. The van der Waals surface area contributed by atoms with Gasteiger partial charge in [-0.05, 0) is 48.8 Å². The second-order valence-corrected chi connectivity index (χ2v) is 7.92. The Labute approximate surface area is 174 Å². The van der Waals surface area contributed by atoms with E-state index >= 15 is 0 Å². The largest absolute Gasteiger partial charge is 0.326 e. The molecule has 150 valence electrons. The first kappa shape index (κ1) is 19.6. The number of pyridine rings is 1. The van der Waals surface area contributed by atoms with E-state index in [4.69, 9.17) is 4.99 Å². The van der Waals surface area contributed by atoms with Crippen LogP contribution in [0.3, 0.4) is 0 Å². The molecule has 3 aromatic rings. The zero-order valence-corrected chi connectivity index (χ0v) is 17.5. The van der Waals surface area contributed by atoms with Gasteiger partial charge in [0.1, 0.15) is 5.84 Å². The molecule has 1 aliphatic heterocycles. The molecule has 0 atom stereocenters. The summed E-state index contributed by atoms with van der Waals surface area (Å²) < 4.78 is 0. The first-order valence-corrected chi connectivity index (χ1v) is 11.1. The SMILES string of the molecule is CCCCCCN1/C(=N\CCCCc2cccnc2)c2cccc3cccc1c23. The maximum atomic E-state index is 5.10. The molecule has 3 heteroatoms. The Morgan fingerprint density at radius 3 is 2.62 bits per heavy atom. The van der Waals surface area contributed by atoms with Gasteiger partial charge in [-0.15, -0.1) is 0 Å². The van der Waals surface area contributed by atoms with Crippen LogP contribution in [-0.4, -0.2) is 23.9 Å². The number of aromatic nitrogens is 1. The number of anilines is 1. The van der Waals surface area contributed by atoms with E-state index in [2.05, 4.69) is 59.3 Å². The molecule has 2 heterocycles. The standard InChI is InChI=1S/C26H31N3/c1-2-3-4-7-19-29-24-16-9-14-22-13-8-15-23(25(22)24)26(29)28-18-6-5-11-21-12-10-17-27-20-21/h8-10,12-17,20H,2-7,11,18-19H2,1H3/b28-26-. The molecule has 0 unspecified atom stereocenters. The molecule has 0 spiro atoms. The third-order valence-corrected chi connectivity index (χ3v) is 5.76. The molecule has 0 amide bonds. The topological polar surface area (TPSA) is 28.5 Å². The number of hydrogen-bond acceptors (Lipinski definition) is 2. The molecule has 2 aromatic carbocycles. The van der Waals surface area contributed by atoms with E-state index < -0.39 is 0 Å². The maximum Gasteiger partial charge on any atom is 0.136 e. The molecule has 29 heavy (non-hydrogen) atoms. The van der Waals surface area contributed by atoms with Crippen molar-refractivity contribution in [2.75, 3.05) is 18.0 Å². The average Bonchev–Trinajstić information content (AvgIpc) is 3.07. The Balaban J connectivity index is 1.47. The minimum absolute atomic E-state index is 0.880. The normalized spacial score (nSPS) is 14.2. The summed E-state index contributed by atoms with van der Waals surface area (Å²) in [5.74, 6) is 1.18. The van der Waals surface area contributed by atoms with Crippen molar-refractivity contribution in [3.05, 3.63) is 72.1 Å². The van der Waals surface area contributed by atoms with Gasteiger partial charge in [-0.2, -0.15) is 0 Å². The Morgan fingerprint density at radius 1 is 0.897 bits per heavy atom. The molecule has 1 aromatic heterocycles. The highest BCUT2D eigenvalue weighted by molar-refractivity contribution is 6.27. The zero-order valence-electron chi connectivity index (χ0n) is 17.5. The molecule has 4 rings (SSSR count). The second-order valence-electron chi connectivity index (χ2n) is 7.92. The van der Waals surface area contributed by atoms with Crippen LogP contribution in [0.15, 0.2) is 65.9 Å². The van der Waals surface area contributed by atoms with Crippen molar-refractivity contribution >= 4 is 22.3 Å². The van der Waals surface area contributed by atoms with E-state index in [1.165, 1.54) is 59.1 Å². The second kappa shape index (κ2) is 9.69. The number of amidine groups is 1. The maximum absolute atomic E-state index is 5.10. The van der Waals surface area contributed by atoms with Crippen molar-refractivity contribution in [2.24, 2.45) is 4.99 Å². The highest BCUT2D eigenvalue weighted by Gasteiger charge is 2.27. The summed E-state index contributed by atoms with van der Waals surface area (Å²) in [6.07, 6.45) is 12.2. The van der Waals surface area contributed by atoms with Crippen LogP contribution in [0.2, 0.25) is 0 Å². The van der Waals surface area contributed by atoms with E-state index in [0.717, 1.165) is 32.4 Å². The quantitative estimate of drug-likeness (QED) is 0.378. The van der Waals surface area contributed by atoms with E-state index in [0.29, 0.717) is 0 Å². The highest BCUT2D eigenvalue weighted by Crippen LogP contribution is 2.37. The van der Waals surface area contributed by atoms with Crippen LogP contribution in [0, 0.1) is 0 Å². The predicted molar refractivity (Wildman–Crippen MR) is 124 cm³/mol. The molecule has 0 saturated carbocycles. The van der Waals surface area contributed by atoms with Gasteiger partial charge in [-0.1, -0.05) is 62.6 Å². The lowest BCUT2D eigenvalue weighted by Crippen LogP contribution is -2.29. The molecule has 0 fully saturated rings. The van der Waals surface area contributed by atoms with Crippen LogP contribution in [-0.2, 0) is 6.42 Å². The number of aryl methyl sites for hydroxylation is 1. The van der Waals surface area contributed by atoms with Crippen LogP contribution < -0.4 is 4.90 Å². The molecular weight excluding hydrogens is 354 g/mol. The molecule has 0 aliphatic carbocycles. The Bertz CT molecular complexity index is 957. The van der Waals surface area contributed by atoms with Gasteiger partial charge in [0.25, 0.3) is 0 Å². The summed E-state index contributed by atoms with van der Waals surface area (Å²) in [6.45, 7) is 4.21. The van der Waals surface area contributed by atoms with Gasteiger partial charge >= 0.3 is 0 Å². The lowest BCUT2D eigenvalue weighted by molar-refractivity contribution is 0.671. The number of nitrogens with zero attached hydrogens (tertiary/aromatic N) is 3. The Kier molecular flexibility index (Phi) is 6.56. The van der Waals surface area contributed by atoms with Crippen LogP contribution in [0.5, 0.6) is 0 Å². The number of aliphatic imine (C=N–C) groups is 1. The van der Waals surface area contributed by atoms with Gasteiger partial charge in [0, 0.05) is 36.4 Å². The van der Waals surface area contributed by atoms with Gasteiger partial charge in [0.05, 0.1) is 5.69 Å². The van der Waals surface area contributed by atoms with Crippen LogP contribution in [0.4, 0.5) is 5.69 Å². The van der Waals surface area contributed by atoms with Crippen LogP contribution >= 0.6 is 0 Å². The van der Waals surface area contributed by atoms with Gasteiger partial charge in [-0.3, -0.25) is 9.98 Å². The van der Waals surface area contributed by atoms with E-state index in [1.54, 1.807) is 0 Å². The fraction of sp³-hybridized carbons (Fsp3) is 0.385. The molecule has 0 saturated heterocycles. The van der Waals surface area contributed by atoms with Crippen LogP contribution in [0.1, 0.15) is 56.6 Å². The van der Waals surface area contributed by atoms with Crippen molar-refractivity contribution < 1.29 is 0 Å². The zero-order chi connectivity index (χ0) is 19.9. The number of rotatable bonds is 10. The van der Waals surface area contributed by atoms with Gasteiger partial charge in [0.15, 0.2) is 0 Å². The van der Waals surface area contributed by atoms with Crippen molar-refractivity contribution in [1.29, 1.82) is 0 Å². The summed E-state index contributed by atoms with van der Waals surface area (Å²) >= 11 is 0. The van der Waals surface area contributed by atoms with Gasteiger partial charge < -0.3 is 4.90 Å². The molecule has 1 aliphatic rings. The summed E-state index contributed by atoms with van der Waals surface area (Å²) in [5, 5.41) is 2.69. The lowest BCUT2D eigenvalue weighted by atomic mass is 10.1. The Hall–Kier alpha value is -2.68. The molecular formula is C26H31N3. The van der Waals surface area contributed by atoms with Crippen molar-refractivity contribution in [3.63, 3.8) is 0 Å². The smallest absolute Gasteiger partial charge is 0.136 e. The number of benzene rings is 2. The minimum Gasteiger partial charge on any atom is -0.326 e. The summed E-state index contributed by atoms with van der Waals surface area (Å²) in [5.41, 5.74) is 3.96. The summed E-state index contributed by atoms with van der Waals surface area (Å²) in [4.78, 5) is 11.8. The van der Waals surface area contributed by atoms with Crippen LogP contribution in [0.25, 0.3) is 10.8 Å². The third kappa shape index (κ3) is 4.50. The molecule has 0 bridgehead atoms. The van der Waals surface area contributed by atoms with E-state index in [9.17, 15) is 0 Å². The van der Waals surface area contributed by atoms with Gasteiger partial charge in [-0.25, -0.2) is 0 Å². The fourth-order valence-corrected chi connectivity index (χ4v) is 4.26. The highest BCUT2D eigenvalue weighted by atomic mass is 15.2. The number of hydrogen-bond donors (Lipinski definition) is 0. The van der Waals surface area contributed by atoms with Crippen molar-refractivity contribution in [3.8, 4) is 0 Å². The van der Waals surface area contributed by atoms with Crippen molar-refractivity contribution in [2.45, 2.75) is 51.9 Å². The minimum atomic E-state index is 0.880. The molecule has 0 radical (unpaired) electrons. The number of unbranched alkanes of at least 4 members (excludes halogenated alkanes) is 4. The van der Waals surface area contributed by atoms with E-state index in [1.807, 2.05) is 18.5 Å². The first-order valence-electron chi connectivity index (χ1n) is 11.1. The van der Waals surface area contributed by atoms with E-state index in [-0.39, 0.29) is 0 Å².